The van der Waals surface area contributed by atoms with E-state index in [4.69, 9.17) is 0 Å². The summed E-state index contributed by atoms with van der Waals surface area (Å²) in [5, 5.41) is 1.60. The molecular weight excluding hydrogens is 360 g/mol. The number of piperazine rings is 1. The molecular formula is C17H20N2O4S2. The molecule has 0 N–H and O–H groups in total. The van der Waals surface area contributed by atoms with Gasteiger partial charge in [0, 0.05) is 31.9 Å². The van der Waals surface area contributed by atoms with Crippen LogP contribution in [0.3, 0.4) is 0 Å². The third-order valence-electron chi connectivity index (χ3n) is 4.22. The number of rotatable bonds is 4. The van der Waals surface area contributed by atoms with Gasteiger partial charge in [-0.05, 0) is 36.1 Å². The summed E-state index contributed by atoms with van der Waals surface area (Å²) in [6, 6.07) is 9.64. The Hall–Kier alpha value is -1.90. The highest BCUT2D eigenvalue weighted by Crippen LogP contribution is 2.27. The number of benzene rings is 1. The molecule has 1 fully saturated rings. The molecule has 1 saturated heterocycles. The molecule has 8 heteroatoms. The number of nitrogens with zero attached hydrogens (tertiary/aromatic N) is 2. The van der Waals surface area contributed by atoms with Gasteiger partial charge in [-0.25, -0.2) is 13.2 Å². The molecule has 2 heterocycles. The summed E-state index contributed by atoms with van der Waals surface area (Å²) in [5.41, 5.74) is 2.27. The van der Waals surface area contributed by atoms with E-state index in [1.165, 1.54) is 23.0 Å². The topological polar surface area (TPSA) is 66.9 Å². The molecule has 0 unspecified atom stereocenters. The molecule has 0 amide bonds. The van der Waals surface area contributed by atoms with E-state index in [2.05, 4.69) is 15.7 Å². The highest BCUT2D eigenvalue weighted by Gasteiger charge is 2.32. The highest BCUT2D eigenvalue weighted by molar-refractivity contribution is 7.89. The second kappa shape index (κ2) is 7.15. The number of ether oxygens (including phenoxy) is 1. The first-order valence-corrected chi connectivity index (χ1v) is 10.2. The zero-order valence-corrected chi connectivity index (χ0v) is 15.8. The van der Waals surface area contributed by atoms with Crippen molar-refractivity contribution >= 4 is 33.0 Å². The molecule has 25 heavy (non-hydrogen) atoms. The number of methoxy groups -OCH3 is 1. The van der Waals surface area contributed by atoms with Crippen molar-refractivity contribution in [1.82, 2.24) is 4.31 Å². The van der Waals surface area contributed by atoms with Gasteiger partial charge in [0.25, 0.3) is 0 Å². The van der Waals surface area contributed by atoms with Crippen molar-refractivity contribution in [3.8, 4) is 0 Å². The van der Waals surface area contributed by atoms with E-state index in [9.17, 15) is 13.2 Å². The molecule has 134 valence electrons. The molecule has 1 aromatic carbocycles. The summed E-state index contributed by atoms with van der Waals surface area (Å²) in [6.07, 6.45) is 0. The predicted octanol–water partition coefficient (Wildman–Crippen LogP) is 2.35. The van der Waals surface area contributed by atoms with Gasteiger partial charge in [0.15, 0.2) is 0 Å². The van der Waals surface area contributed by atoms with Crippen LogP contribution in [0, 0.1) is 6.92 Å². The molecule has 0 saturated carbocycles. The van der Waals surface area contributed by atoms with Gasteiger partial charge in [0.05, 0.1) is 7.11 Å². The summed E-state index contributed by atoms with van der Waals surface area (Å²) < 4.78 is 31.9. The van der Waals surface area contributed by atoms with E-state index in [0.29, 0.717) is 26.2 Å². The number of carbonyl (C=O) groups is 1. The summed E-state index contributed by atoms with van der Waals surface area (Å²) >= 11 is 1.08. The van der Waals surface area contributed by atoms with Crippen molar-refractivity contribution in [3.63, 3.8) is 0 Å². The van der Waals surface area contributed by atoms with Crippen LogP contribution in [0.1, 0.15) is 15.2 Å². The van der Waals surface area contributed by atoms with Gasteiger partial charge in [-0.2, -0.15) is 4.31 Å². The number of anilines is 1. The molecule has 3 rings (SSSR count). The van der Waals surface area contributed by atoms with E-state index >= 15 is 0 Å². The van der Waals surface area contributed by atoms with Crippen LogP contribution in [0.2, 0.25) is 0 Å². The fourth-order valence-corrected chi connectivity index (χ4v) is 5.62. The Morgan fingerprint density at radius 1 is 1.16 bits per heavy atom. The van der Waals surface area contributed by atoms with Gasteiger partial charge in [-0.3, -0.25) is 0 Å². The average Bonchev–Trinajstić information content (AvgIpc) is 3.12. The number of aryl methyl sites for hydroxylation is 1. The molecule has 0 atom stereocenters. The zero-order chi connectivity index (χ0) is 18.0. The van der Waals surface area contributed by atoms with Gasteiger partial charge in [-0.1, -0.05) is 12.1 Å². The second-order valence-corrected chi connectivity index (χ2v) is 8.66. The molecule has 1 aliphatic rings. The van der Waals surface area contributed by atoms with Crippen molar-refractivity contribution in [1.29, 1.82) is 0 Å². The van der Waals surface area contributed by atoms with Crippen LogP contribution >= 0.6 is 11.3 Å². The van der Waals surface area contributed by atoms with E-state index < -0.39 is 16.0 Å². The summed E-state index contributed by atoms with van der Waals surface area (Å²) in [4.78, 5) is 14.1. The van der Waals surface area contributed by atoms with E-state index in [-0.39, 0.29) is 9.77 Å². The Kier molecular flexibility index (Phi) is 5.12. The molecule has 6 nitrogen and oxygen atoms in total. The third kappa shape index (κ3) is 3.56. The number of sulfonamides is 1. The van der Waals surface area contributed by atoms with Gasteiger partial charge in [0.1, 0.15) is 9.77 Å². The summed E-state index contributed by atoms with van der Waals surface area (Å²) in [6.45, 7) is 4.02. The van der Waals surface area contributed by atoms with Gasteiger partial charge in [-0.15, -0.1) is 11.3 Å². The molecule has 0 spiro atoms. The lowest BCUT2D eigenvalue weighted by Crippen LogP contribution is -2.48. The minimum atomic E-state index is -3.70. The number of esters is 1. The maximum absolute atomic E-state index is 12.9. The number of hydrogen-bond donors (Lipinski definition) is 0. The van der Waals surface area contributed by atoms with Gasteiger partial charge < -0.3 is 9.64 Å². The largest absolute Gasteiger partial charge is 0.465 e. The minimum Gasteiger partial charge on any atom is -0.465 e. The Morgan fingerprint density at radius 2 is 1.88 bits per heavy atom. The van der Waals surface area contributed by atoms with E-state index in [1.807, 2.05) is 25.1 Å². The molecule has 1 aromatic heterocycles. The first kappa shape index (κ1) is 17.9. The van der Waals surface area contributed by atoms with Crippen LogP contribution in [0.15, 0.2) is 40.6 Å². The lowest BCUT2D eigenvalue weighted by Gasteiger charge is -2.35. The van der Waals surface area contributed by atoms with E-state index in [0.717, 1.165) is 17.0 Å². The van der Waals surface area contributed by atoms with Crippen LogP contribution in [-0.2, 0) is 14.8 Å². The first-order valence-electron chi connectivity index (χ1n) is 7.91. The Labute approximate surface area is 151 Å². The smallest absolute Gasteiger partial charge is 0.349 e. The first-order chi connectivity index (χ1) is 11.9. The van der Waals surface area contributed by atoms with Gasteiger partial charge in [0.2, 0.25) is 10.0 Å². The lowest BCUT2D eigenvalue weighted by molar-refractivity contribution is 0.0602. The molecule has 0 aliphatic carbocycles. The third-order valence-corrected chi connectivity index (χ3v) is 7.19. The maximum atomic E-state index is 12.9. The SMILES string of the molecule is COC(=O)c1sccc1S(=O)(=O)N1CCN(c2cccc(C)c2)CC1. The van der Waals surface area contributed by atoms with Crippen molar-refractivity contribution in [3.05, 3.63) is 46.2 Å². The Bertz CT molecular complexity index is 868. The van der Waals surface area contributed by atoms with Crippen molar-refractivity contribution in [2.75, 3.05) is 38.2 Å². The quantitative estimate of drug-likeness (QED) is 0.762. The van der Waals surface area contributed by atoms with Crippen LogP contribution in [0.4, 0.5) is 5.69 Å². The minimum absolute atomic E-state index is 0.0355. The molecule has 1 aliphatic heterocycles. The van der Waals surface area contributed by atoms with Crippen LogP contribution in [-0.4, -0.2) is 52.0 Å². The fourth-order valence-electron chi connectivity index (χ4n) is 2.89. The van der Waals surface area contributed by atoms with Crippen molar-refractivity contribution < 1.29 is 17.9 Å². The maximum Gasteiger partial charge on any atom is 0.349 e. The molecule has 0 radical (unpaired) electrons. The number of hydrogen-bond acceptors (Lipinski definition) is 6. The zero-order valence-electron chi connectivity index (χ0n) is 14.1. The monoisotopic (exact) mass is 380 g/mol. The number of thiophene rings is 1. The summed E-state index contributed by atoms with van der Waals surface area (Å²) in [7, 11) is -2.45. The van der Waals surface area contributed by atoms with Crippen LogP contribution < -0.4 is 4.90 Å². The Morgan fingerprint density at radius 3 is 2.52 bits per heavy atom. The molecule has 2 aromatic rings. The van der Waals surface area contributed by atoms with Crippen LogP contribution in [0.5, 0.6) is 0 Å². The van der Waals surface area contributed by atoms with Crippen molar-refractivity contribution in [2.24, 2.45) is 0 Å². The molecule has 0 bridgehead atoms. The highest BCUT2D eigenvalue weighted by atomic mass is 32.2. The normalized spacial score (nSPS) is 16.0. The average molecular weight is 380 g/mol. The second-order valence-electron chi connectivity index (χ2n) is 5.84. The number of carbonyl (C=O) groups excluding carboxylic acids is 1. The summed E-state index contributed by atoms with van der Waals surface area (Å²) in [5.74, 6) is -0.619. The predicted molar refractivity (Wildman–Crippen MR) is 97.8 cm³/mol. The lowest BCUT2D eigenvalue weighted by atomic mass is 10.2. The van der Waals surface area contributed by atoms with Crippen LogP contribution in [0.25, 0.3) is 0 Å². The standard InChI is InChI=1S/C17H20N2O4S2/c1-13-4-3-5-14(12-13)18-7-9-19(10-8-18)25(21,22)15-6-11-24-16(15)17(20)23-2/h3-6,11-12H,7-10H2,1-2H3. The van der Waals surface area contributed by atoms with Crippen molar-refractivity contribution in [2.45, 2.75) is 11.8 Å². The Balaban J connectivity index is 1.76. The van der Waals surface area contributed by atoms with E-state index in [1.54, 1.807) is 5.38 Å². The van der Waals surface area contributed by atoms with Gasteiger partial charge >= 0.3 is 5.97 Å². The fraction of sp³-hybridized carbons (Fsp3) is 0.353.